The first kappa shape index (κ1) is 11.8. The molecule has 1 aliphatic heterocycles. The predicted octanol–water partition coefficient (Wildman–Crippen LogP) is 2.01. The molecule has 0 bridgehead atoms. The highest BCUT2D eigenvalue weighted by molar-refractivity contribution is 5.98. The predicted molar refractivity (Wildman–Crippen MR) is 64.1 cm³/mol. The second-order valence-electron chi connectivity index (χ2n) is 4.13. The molecule has 1 aromatic carbocycles. The molecular weight excluding hydrogens is 218 g/mol. The van der Waals surface area contributed by atoms with Gasteiger partial charge in [-0.1, -0.05) is 12.1 Å². The minimum atomic E-state index is -0.351. The summed E-state index contributed by atoms with van der Waals surface area (Å²) in [6.07, 6.45) is 1.33. The van der Waals surface area contributed by atoms with E-state index in [0.717, 1.165) is 12.8 Å². The van der Waals surface area contributed by atoms with Crippen molar-refractivity contribution in [3.05, 3.63) is 29.8 Å². The first-order valence-corrected chi connectivity index (χ1v) is 5.70. The van der Waals surface area contributed by atoms with Gasteiger partial charge in [-0.15, -0.1) is 0 Å². The summed E-state index contributed by atoms with van der Waals surface area (Å²) in [4.78, 5) is 23.0. The molecule has 90 valence electrons. The molecule has 1 fully saturated rings. The Labute approximate surface area is 100.0 Å². The first-order valence-electron chi connectivity index (χ1n) is 5.70. The van der Waals surface area contributed by atoms with Crippen LogP contribution < -0.4 is 5.32 Å². The van der Waals surface area contributed by atoms with E-state index in [1.54, 1.807) is 24.3 Å². The number of rotatable bonds is 3. The Balaban J connectivity index is 2.05. The zero-order chi connectivity index (χ0) is 12.3. The fourth-order valence-corrected chi connectivity index (χ4v) is 1.82. The van der Waals surface area contributed by atoms with Crippen LogP contribution in [0.1, 0.15) is 30.1 Å². The van der Waals surface area contributed by atoms with Crippen LogP contribution in [0.4, 0.5) is 5.69 Å². The number of amides is 1. The van der Waals surface area contributed by atoms with Gasteiger partial charge in [-0.25, -0.2) is 0 Å². The van der Waals surface area contributed by atoms with E-state index < -0.39 is 0 Å². The van der Waals surface area contributed by atoms with Crippen LogP contribution in [0, 0.1) is 0 Å². The maximum Gasteiger partial charge on any atom is 0.253 e. The van der Waals surface area contributed by atoms with Crippen LogP contribution in [0.2, 0.25) is 0 Å². The summed E-state index contributed by atoms with van der Waals surface area (Å²) in [7, 11) is 0. The molecule has 0 radical (unpaired) electrons. The third-order valence-corrected chi connectivity index (χ3v) is 2.76. The number of benzene rings is 1. The molecule has 0 aromatic heterocycles. The Morgan fingerprint density at radius 3 is 2.88 bits per heavy atom. The summed E-state index contributed by atoms with van der Waals surface area (Å²) >= 11 is 0. The second-order valence-corrected chi connectivity index (χ2v) is 4.13. The van der Waals surface area contributed by atoms with Gasteiger partial charge >= 0.3 is 0 Å². The number of ketones is 1. The van der Waals surface area contributed by atoms with E-state index in [0.29, 0.717) is 17.9 Å². The van der Waals surface area contributed by atoms with Crippen molar-refractivity contribution >= 4 is 17.4 Å². The van der Waals surface area contributed by atoms with Gasteiger partial charge in [-0.05, 0) is 31.9 Å². The molecule has 0 aliphatic carbocycles. The average Bonchev–Trinajstić information content (AvgIpc) is 2.82. The lowest BCUT2D eigenvalue weighted by Crippen LogP contribution is -2.26. The lowest BCUT2D eigenvalue weighted by atomic mass is 10.1. The summed E-state index contributed by atoms with van der Waals surface area (Å²) in [5.41, 5.74) is 1.23. The summed E-state index contributed by atoms with van der Waals surface area (Å²) in [6, 6.07) is 6.92. The molecule has 1 aromatic rings. The zero-order valence-corrected chi connectivity index (χ0v) is 9.73. The van der Waals surface area contributed by atoms with E-state index in [4.69, 9.17) is 4.74 Å². The highest BCUT2D eigenvalue weighted by Crippen LogP contribution is 2.16. The molecule has 1 saturated heterocycles. The minimum Gasteiger partial charge on any atom is -0.368 e. The number of ether oxygens (including phenoxy) is 1. The molecule has 4 heteroatoms. The molecule has 1 atom stereocenters. The number of Topliss-reactive ketones (excluding diaryl/α,β-unsaturated/α-hetero) is 1. The molecule has 4 nitrogen and oxygen atoms in total. The van der Waals surface area contributed by atoms with Gasteiger partial charge in [0.1, 0.15) is 6.10 Å². The number of carbonyl (C=O) groups is 2. The van der Waals surface area contributed by atoms with Crippen molar-refractivity contribution in [2.75, 3.05) is 11.9 Å². The van der Waals surface area contributed by atoms with Crippen molar-refractivity contribution in [2.24, 2.45) is 0 Å². The van der Waals surface area contributed by atoms with E-state index in [1.807, 2.05) is 0 Å². The van der Waals surface area contributed by atoms with E-state index in [1.165, 1.54) is 6.92 Å². The van der Waals surface area contributed by atoms with Crippen LogP contribution in [0.5, 0.6) is 0 Å². The normalized spacial score (nSPS) is 19.0. The number of hydrogen-bond donors (Lipinski definition) is 1. The van der Waals surface area contributed by atoms with Crippen molar-refractivity contribution < 1.29 is 14.3 Å². The van der Waals surface area contributed by atoms with Gasteiger partial charge in [-0.3, -0.25) is 9.59 Å². The molecule has 1 unspecified atom stereocenters. The van der Waals surface area contributed by atoms with Gasteiger partial charge in [-0.2, -0.15) is 0 Å². The van der Waals surface area contributed by atoms with Crippen molar-refractivity contribution in [2.45, 2.75) is 25.9 Å². The van der Waals surface area contributed by atoms with E-state index in [9.17, 15) is 9.59 Å². The Morgan fingerprint density at radius 2 is 2.24 bits per heavy atom. The van der Waals surface area contributed by atoms with E-state index >= 15 is 0 Å². The summed E-state index contributed by atoms with van der Waals surface area (Å²) in [5.74, 6) is -0.151. The fourth-order valence-electron chi connectivity index (χ4n) is 1.82. The van der Waals surface area contributed by atoms with Gasteiger partial charge in [0.15, 0.2) is 5.78 Å². The minimum absolute atomic E-state index is 0.0155. The summed E-state index contributed by atoms with van der Waals surface area (Å²) < 4.78 is 5.29. The van der Waals surface area contributed by atoms with Gasteiger partial charge in [0.2, 0.25) is 0 Å². The van der Waals surface area contributed by atoms with Gasteiger partial charge in [0.05, 0.1) is 0 Å². The Kier molecular flexibility index (Phi) is 3.54. The molecule has 0 spiro atoms. The number of hydrogen-bond acceptors (Lipinski definition) is 3. The van der Waals surface area contributed by atoms with E-state index in [-0.39, 0.29) is 17.8 Å². The van der Waals surface area contributed by atoms with Crippen LogP contribution in [-0.4, -0.2) is 24.4 Å². The molecule has 1 heterocycles. The third-order valence-electron chi connectivity index (χ3n) is 2.76. The topological polar surface area (TPSA) is 55.4 Å². The molecule has 1 aliphatic rings. The first-order chi connectivity index (χ1) is 8.16. The van der Waals surface area contributed by atoms with Crippen molar-refractivity contribution in [3.8, 4) is 0 Å². The SMILES string of the molecule is CC(=O)c1cccc(NC(=O)C2CCCO2)c1. The second kappa shape index (κ2) is 5.10. The molecule has 0 saturated carbocycles. The zero-order valence-electron chi connectivity index (χ0n) is 9.73. The Morgan fingerprint density at radius 1 is 1.41 bits per heavy atom. The van der Waals surface area contributed by atoms with Crippen LogP contribution in [0.3, 0.4) is 0 Å². The quantitative estimate of drug-likeness (QED) is 0.812. The molecule has 1 amide bonds. The molecule has 17 heavy (non-hydrogen) atoms. The van der Waals surface area contributed by atoms with Gasteiger partial charge in [0.25, 0.3) is 5.91 Å². The summed E-state index contributed by atoms with van der Waals surface area (Å²) in [6.45, 7) is 2.15. The highest BCUT2D eigenvalue weighted by Gasteiger charge is 2.23. The van der Waals surface area contributed by atoms with Crippen molar-refractivity contribution in [1.29, 1.82) is 0 Å². The lowest BCUT2D eigenvalue weighted by Gasteiger charge is -2.10. The lowest BCUT2D eigenvalue weighted by molar-refractivity contribution is -0.124. The van der Waals surface area contributed by atoms with Gasteiger partial charge < -0.3 is 10.1 Å². The van der Waals surface area contributed by atoms with E-state index in [2.05, 4.69) is 5.32 Å². The number of nitrogens with one attached hydrogen (secondary N) is 1. The van der Waals surface area contributed by atoms with Crippen LogP contribution in [-0.2, 0) is 9.53 Å². The largest absolute Gasteiger partial charge is 0.368 e. The average molecular weight is 233 g/mol. The maximum atomic E-state index is 11.8. The number of carbonyl (C=O) groups excluding carboxylic acids is 2. The summed E-state index contributed by atoms with van der Waals surface area (Å²) in [5, 5.41) is 2.76. The van der Waals surface area contributed by atoms with Crippen LogP contribution >= 0.6 is 0 Å². The van der Waals surface area contributed by atoms with Crippen molar-refractivity contribution in [1.82, 2.24) is 0 Å². The Hall–Kier alpha value is -1.68. The monoisotopic (exact) mass is 233 g/mol. The smallest absolute Gasteiger partial charge is 0.253 e. The van der Waals surface area contributed by atoms with Gasteiger partial charge in [0, 0.05) is 17.9 Å². The van der Waals surface area contributed by atoms with Crippen LogP contribution in [0.15, 0.2) is 24.3 Å². The number of anilines is 1. The highest BCUT2D eigenvalue weighted by atomic mass is 16.5. The third kappa shape index (κ3) is 2.91. The molecular formula is C13H15NO3. The Bertz CT molecular complexity index is 436. The van der Waals surface area contributed by atoms with Crippen LogP contribution in [0.25, 0.3) is 0 Å². The standard InChI is InChI=1S/C13H15NO3/c1-9(15)10-4-2-5-11(8-10)14-13(16)12-6-3-7-17-12/h2,4-5,8,12H,3,6-7H2,1H3,(H,14,16). The molecule has 2 rings (SSSR count). The maximum absolute atomic E-state index is 11.8. The molecule has 1 N–H and O–H groups in total. The van der Waals surface area contributed by atoms with Crippen molar-refractivity contribution in [3.63, 3.8) is 0 Å². The fraction of sp³-hybridized carbons (Fsp3) is 0.385.